The number of carbonyl (C=O) groups is 2. The zero-order chi connectivity index (χ0) is 21.2. The summed E-state index contributed by atoms with van der Waals surface area (Å²) in [6.45, 7) is 5.09. The molecular weight excluding hydrogens is 390 g/mol. The summed E-state index contributed by atoms with van der Waals surface area (Å²) in [5, 5.41) is 7.55. The number of nitrogens with one attached hydrogen (secondary N) is 2. The van der Waals surface area contributed by atoms with Gasteiger partial charge < -0.3 is 25.0 Å². The molecule has 1 atom stereocenters. The zero-order valence-electron chi connectivity index (χ0n) is 17.4. The summed E-state index contributed by atoms with van der Waals surface area (Å²) in [5.74, 6) is 0.521. The van der Waals surface area contributed by atoms with Crippen molar-refractivity contribution in [2.24, 2.45) is 0 Å². The van der Waals surface area contributed by atoms with Crippen LogP contribution in [-0.2, 0) is 4.79 Å². The second kappa shape index (κ2) is 11.4. The predicted octanol–water partition coefficient (Wildman–Crippen LogP) is 2.69. The lowest BCUT2D eigenvalue weighted by Crippen LogP contribution is -2.40. The van der Waals surface area contributed by atoms with Crippen LogP contribution in [0.3, 0.4) is 0 Å². The van der Waals surface area contributed by atoms with E-state index in [0.717, 1.165) is 0 Å². The number of rotatable bonds is 11. The first-order valence-corrected chi connectivity index (χ1v) is 10.5. The first-order valence-electron chi connectivity index (χ1n) is 9.60. The van der Waals surface area contributed by atoms with Crippen LogP contribution >= 0.6 is 11.3 Å². The average Bonchev–Trinajstić information content (AvgIpc) is 3.22. The van der Waals surface area contributed by atoms with Crippen LogP contribution in [0.1, 0.15) is 35.1 Å². The van der Waals surface area contributed by atoms with E-state index in [9.17, 15) is 9.59 Å². The maximum absolute atomic E-state index is 12.4. The van der Waals surface area contributed by atoms with Gasteiger partial charge in [-0.05, 0) is 57.6 Å². The van der Waals surface area contributed by atoms with E-state index in [1.807, 2.05) is 45.5 Å². The van der Waals surface area contributed by atoms with Crippen molar-refractivity contribution in [1.29, 1.82) is 0 Å². The average molecular weight is 420 g/mol. The molecule has 0 spiro atoms. The molecule has 1 heterocycles. The zero-order valence-corrected chi connectivity index (χ0v) is 18.2. The lowest BCUT2D eigenvalue weighted by Gasteiger charge is -2.23. The summed E-state index contributed by atoms with van der Waals surface area (Å²) in [5.41, 5.74) is 0.412. The quantitative estimate of drug-likeness (QED) is 0.585. The van der Waals surface area contributed by atoms with Gasteiger partial charge in [-0.3, -0.25) is 9.59 Å². The van der Waals surface area contributed by atoms with Crippen molar-refractivity contribution in [2.45, 2.75) is 19.9 Å². The van der Waals surface area contributed by atoms with Gasteiger partial charge in [-0.15, -0.1) is 11.3 Å². The van der Waals surface area contributed by atoms with E-state index >= 15 is 0 Å². The van der Waals surface area contributed by atoms with Crippen LogP contribution in [0.4, 0.5) is 0 Å². The highest BCUT2D eigenvalue weighted by Gasteiger charge is 2.17. The van der Waals surface area contributed by atoms with Crippen molar-refractivity contribution in [3.05, 3.63) is 46.2 Å². The number of likely N-dealkylation sites (N-methyl/N-ethyl adjacent to an activating group) is 1. The molecule has 1 unspecified atom stereocenters. The fourth-order valence-corrected chi connectivity index (χ4v) is 3.67. The van der Waals surface area contributed by atoms with E-state index in [1.54, 1.807) is 29.5 Å². The summed E-state index contributed by atoms with van der Waals surface area (Å²) in [6.07, 6.45) is 0. The van der Waals surface area contributed by atoms with Crippen LogP contribution in [0.2, 0.25) is 0 Å². The normalized spacial score (nSPS) is 11.8. The molecule has 158 valence electrons. The van der Waals surface area contributed by atoms with Crippen LogP contribution in [0, 0.1) is 0 Å². The Hall–Kier alpha value is -2.58. The lowest BCUT2D eigenvalue weighted by atomic mass is 10.2. The van der Waals surface area contributed by atoms with E-state index < -0.39 is 0 Å². The summed E-state index contributed by atoms with van der Waals surface area (Å²) in [6, 6.07) is 9.11. The molecule has 0 aliphatic rings. The molecule has 2 rings (SSSR count). The third-order valence-corrected chi connectivity index (χ3v) is 5.18. The smallest absolute Gasteiger partial charge is 0.251 e. The number of benzene rings is 1. The van der Waals surface area contributed by atoms with Crippen molar-refractivity contribution in [3.8, 4) is 11.5 Å². The Morgan fingerprint density at radius 1 is 1.07 bits per heavy atom. The van der Waals surface area contributed by atoms with Gasteiger partial charge in [-0.1, -0.05) is 6.07 Å². The first-order chi connectivity index (χ1) is 14.0. The fourth-order valence-electron chi connectivity index (χ4n) is 2.75. The summed E-state index contributed by atoms with van der Waals surface area (Å²) in [7, 11) is 3.94. The molecule has 2 aromatic rings. The molecule has 1 aromatic heterocycles. The first kappa shape index (κ1) is 22.7. The Kier molecular flexibility index (Phi) is 8.95. The lowest BCUT2D eigenvalue weighted by molar-refractivity contribution is -0.120. The molecular formula is C21H29N3O4S. The SMILES string of the molecule is CCOc1ccc(C(=O)NCC(=O)NCC(c2cccs2)N(C)C)cc1OCC. The Morgan fingerprint density at radius 2 is 1.79 bits per heavy atom. The number of hydrogen-bond donors (Lipinski definition) is 2. The molecule has 29 heavy (non-hydrogen) atoms. The van der Waals surface area contributed by atoms with E-state index in [4.69, 9.17) is 9.47 Å². The molecule has 0 aliphatic heterocycles. The molecule has 0 bridgehead atoms. The highest BCUT2D eigenvalue weighted by Crippen LogP contribution is 2.28. The minimum Gasteiger partial charge on any atom is -0.490 e. The Morgan fingerprint density at radius 3 is 2.41 bits per heavy atom. The molecule has 1 aromatic carbocycles. The van der Waals surface area contributed by atoms with E-state index in [1.165, 1.54) is 4.88 Å². The van der Waals surface area contributed by atoms with Gasteiger partial charge in [0.2, 0.25) is 5.91 Å². The third kappa shape index (κ3) is 6.76. The largest absolute Gasteiger partial charge is 0.490 e. The van der Waals surface area contributed by atoms with Crippen LogP contribution < -0.4 is 20.1 Å². The van der Waals surface area contributed by atoms with Crippen molar-refractivity contribution in [2.75, 3.05) is 40.4 Å². The van der Waals surface area contributed by atoms with Crippen molar-refractivity contribution in [1.82, 2.24) is 15.5 Å². The minimum absolute atomic E-state index is 0.0921. The number of thiophene rings is 1. The third-order valence-electron chi connectivity index (χ3n) is 4.20. The second-order valence-electron chi connectivity index (χ2n) is 6.51. The van der Waals surface area contributed by atoms with Crippen LogP contribution in [0.5, 0.6) is 11.5 Å². The highest BCUT2D eigenvalue weighted by molar-refractivity contribution is 7.10. The number of amides is 2. The van der Waals surface area contributed by atoms with Gasteiger partial charge in [0.15, 0.2) is 11.5 Å². The van der Waals surface area contributed by atoms with Crippen molar-refractivity contribution < 1.29 is 19.1 Å². The van der Waals surface area contributed by atoms with Gasteiger partial charge in [-0.2, -0.15) is 0 Å². The molecule has 8 heteroatoms. The molecule has 2 amide bonds. The topological polar surface area (TPSA) is 79.9 Å². The van der Waals surface area contributed by atoms with E-state index in [0.29, 0.717) is 36.8 Å². The maximum Gasteiger partial charge on any atom is 0.251 e. The number of carbonyl (C=O) groups excluding carboxylic acids is 2. The molecule has 0 saturated heterocycles. The van der Waals surface area contributed by atoms with Gasteiger partial charge >= 0.3 is 0 Å². The van der Waals surface area contributed by atoms with Crippen LogP contribution in [0.25, 0.3) is 0 Å². The number of nitrogens with zero attached hydrogens (tertiary/aromatic N) is 1. The van der Waals surface area contributed by atoms with Crippen LogP contribution in [-0.4, -0.2) is 57.1 Å². The van der Waals surface area contributed by atoms with Crippen molar-refractivity contribution >= 4 is 23.2 Å². The Balaban J connectivity index is 1.89. The van der Waals surface area contributed by atoms with Gasteiger partial charge in [-0.25, -0.2) is 0 Å². The molecule has 0 aliphatic carbocycles. The number of ether oxygens (including phenoxy) is 2. The Labute approximate surface area is 176 Å². The van der Waals surface area contributed by atoms with Gasteiger partial charge in [0.25, 0.3) is 5.91 Å². The molecule has 7 nitrogen and oxygen atoms in total. The summed E-state index contributed by atoms with van der Waals surface area (Å²) in [4.78, 5) is 27.8. The highest BCUT2D eigenvalue weighted by atomic mass is 32.1. The molecule has 0 radical (unpaired) electrons. The van der Waals surface area contributed by atoms with Gasteiger partial charge in [0, 0.05) is 17.0 Å². The Bertz CT molecular complexity index is 793. The number of hydrogen-bond acceptors (Lipinski definition) is 6. The van der Waals surface area contributed by atoms with E-state index in [2.05, 4.69) is 15.5 Å². The summed E-state index contributed by atoms with van der Waals surface area (Å²) >= 11 is 1.65. The maximum atomic E-state index is 12.4. The second-order valence-corrected chi connectivity index (χ2v) is 7.49. The minimum atomic E-state index is -0.341. The predicted molar refractivity (Wildman–Crippen MR) is 115 cm³/mol. The summed E-state index contributed by atoms with van der Waals surface area (Å²) < 4.78 is 11.0. The van der Waals surface area contributed by atoms with Gasteiger partial charge in [0.05, 0.1) is 25.8 Å². The van der Waals surface area contributed by atoms with Crippen molar-refractivity contribution in [3.63, 3.8) is 0 Å². The van der Waals surface area contributed by atoms with Crippen LogP contribution in [0.15, 0.2) is 35.7 Å². The van der Waals surface area contributed by atoms with Gasteiger partial charge in [0.1, 0.15) is 0 Å². The van der Waals surface area contributed by atoms with E-state index in [-0.39, 0.29) is 24.4 Å². The monoisotopic (exact) mass is 419 g/mol. The fraction of sp³-hybridized carbons (Fsp3) is 0.429. The molecule has 2 N–H and O–H groups in total. The molecule has 0 saturated carbocycles. The standard InChI is InChI=1S/C21H29N3O4S/c1-5-27-17-10-9-15(12-18(17)28-6-2)21(26)23-14-20(25)22-13-16(24(3)4)19-8-7-11-29-19/h7-12,16H,5-6,13-14H2,1-4H3,(H,22,25)(H,23,26). The molecule has 0 fully saturated rings.